The number of carbonyl (C=O) groups excluding carboxylic acids is 2. The number of benzene rings is 1. The quantitative estimate of drug-likeness (QED) is 0.229. The number of amides is 1. The van der Waals surface area contributed by atoms with Crippen LogP contribution in [0.5, 0.6) is 0 Å². The van der Waals surface area contributed by atoms with E-state index in [0.29, 0.717) is 29.7 Å². The Hall–Kier alpha value is -2.76. The summed E-state index contributed by atoms with van der Waals surface area (Å²) in [5.41, 5.74) is 1.14. The first-order chi connectivity index (χ1) is 11.7. The molecule has 0 aliphatic carbocycles. The molecule has 0 aliphatic rings. The minimum absolute atomic E-state index is 0.167. The zero-order valence-corrected chi connectivity index (χ0v) is 13.6. The first kappa shape index (κ1) is 19.3. The maximum atomic E-state index is 12.5. The fourth-order valence-corrected chi connectivity index (χ4v) is 2.06. The molecule has 0 radical (unpaired) electrons. The van der Waals surface area contributed by atoms with Crippen LogP contribution in [0.3, 0.4) is 0 Å². The van der Waals surface area contributed by atoms with Gasteiger partial charge in [0.05, 0.1) is 30.4 Å². The Morgan fingerprint density at radius 3 is 2.92 bits per heavy atom. The molecule has 1 unspecified atom stereocenters. The second-order valence-corrected chi connectivity index (χ2v) is 4.97. The monoisotopic (exact) mass is 332 g/mol. The van der Waals surface area contributed by atoms with Crippen LogP contribution in [0.25, 0.3) is 0 Å². The highest BCUT2D eigenvalue weighted by Crippen LogP contribution is 2.26. The Kier molecular flexibility index (Phi) is 8.74. The van der Waals surface area contributed by atoms with Gasteiger partial charge in [0.25, 0.3) is 0 Å². The van der Waals surface area contributed by atoms with Gasteiger partial charge in [-0.25, -0.2) is 9.18 Å². The van der Waals surface area contributed by atoms with E-state index in [1.54, 1.807) is 18.3 Å². The average molecular weight is 332 g/mol. The lowest BCUT2D eigenvalue weighted by Gasteiger charge is -2.08. The maximum Gasteiger partial charge on any atom is 0.337 e. The van der Waals surface area contributed by atoms with Crippen molar-refractivity contribution in [1.82, 2.24) is 0 Å². The van der Waals surface area contributed by atoms with E-state index in [9.17, 15) is 14.0 Å². The van der Waals surface area contributed by atoms with E-state index in [1.165, 1.54) is 19.3 Å². The minimum Gasteiger partial charge on any atom is -0.465 e. The van der Waals surface area contributed by atoms with E-state index in [0.717, 1.165) is 19.3 Å². The van der Waals surface area contributed by atoms with Crippen molar-refractivity contribution < 1.29 is 18.7 Å². The van der Waals surface area contributed by atoms with Gasteiger partial charge < -0.3 is 10.1 Å². The number of nitrogens with one attached hydrogen (secondary N) is 1. The second-order valence-electron chi connectivity index (χ2n) is 4.97. The van der Waals surface area contributed by atoms with Gasteiger partial charge in [0.15, 0.2) is 0 Å². The molecule has 5 nitrogen and oxygen atoms in total. The summed E-state index contributed by atoms with van der Waals surface area (Å²) >= 11 is 0. The van der Waals surface area contributed by atoms with Crippen molar-refractivity contribution in [1.29, 1.82) is 0 Å². The molecule has 24 heavy (non-hydrogen) atoms. The normalized spacial score (nSPS) is 12.2. The number of rotatable bonds is 10. The van der Waals surface area contributed by atoms with Crippen LogP contribution < -0.4 is 5.32 Å². The van der Waals surface area contributed by atoms with Crippen LogP contribution in [0, 0.1) is 5.92 Å². The molecular formula is C18H21FN2O3. The van der Waals surface area contributed by atoms with E-state index in [4.69, 9.17) is 0 Å². The number of ether oxygens (including phenoxy) is 1. The molecule has 0 saturated heterocycles. The van der Waals surface area contributed by atoms with E-state index in [1.807, 2.05) is 6.08 Å². The van der Waals surface area contributed by atoms with Crippen LogP contribution in [-0.4, -0.2) is 25.7 Å². The number of esters is 1. The number of hydrogen-bond donors (Lipinski definition) is 1. The number of halogens is 1. The van der Waals surface area contributed by atoms with Gasteiger partial charge in [-0.3, -0.25) is 9.79 Å². The van der Waals surface area contributed by atoms with E-state index in [-0.39, 0.29) is 5.92 Å². The number of unbranched alkanes of at least 4 members (excludes halogenated alkanes) is 1. The molecule has 0 aliphatic heterocycles. The predicted octanol–water partition coefficient (Wildman–Crippen LogP) is 4.20. The molecule has 1 aromatic carbocycles. The summed E-state index contributed by atoms with van der Waals surface area (Å²) in [7, 11) is 1.28. The highest BCUT2D eigenvalue weighted by molar-refractivity contribution is 5.93. The van der Waals surface area contributed by atoms with Gasteiger partial charge in [-0.15, -0.1) is 6.58 Å². The fourth-order valence-electron chi connectivity index (χ4n) is 2.06. The van der Waals surface area contributed by atoms with Crippen LogP contribution in [0.15, 0.2) is 48.3 Å². The molecule has 0 aromatic heterocycles. The van der Waals surface area contributed by atoms with Gasteiger partial charge in [-0.2, -0.15) is 0 Å². The molecule has 6 heteroatoms. The number of anilines is 1. The lowest BCUT2D eigenvalue weighted by atomic mass is 10.0. The van der Waals surface area contributed by atoms with Gasteiger partial charge in [0.2, 0.25) is 6.41 Å². The maximum absolute atomic E-state index is 12.5. The number of carbonyl (C=O) groups is 2. The number of aliphatic imine (C=N–C) groups is 1. The average Bonchev–Trinajstić information content (AvgIpc) is 2.60. The topological polar surface area (TPSA) is 67.8 Å². The van der Waals surface area contributed by atoms with Crippen molar-refractivity contribution in [3.05, 3.63) is 48.8 Å². The van der Waals surface area contributed by atoms with Crippen LogP contribution in [0.2, 0.25) is 0 Å². The van der Waals surface area contributed by atoms with Crippen molar-refractivity contribution in [2.75, 3.05) is 12.4 Å². The smallest absolute Gasteiger partial charge is 0.337 e. The number of hydrogen-bond acceptors (Lipinski definition) is 4. The van der Waals surface area contributed by atoms with Gasteiger partial charge >= 0.3 is 5.97 Å². The molecule has 1 atom stereocenters. The van der Waals surface area contributed by atoms with Gasteiger partial charge in [-0.1, -0.05) is 6.08 Å². The lowest BCUT2D eigenvalue weighted by molar-refractivity contribution is -0.105. The zero-order chi connectivity index (χ0) is 17.8. The third kappa shape index (κ3) is 6.16. The molecule has 0 heterocycles. The number of methoxy groups -OCH3 is 1. The summed E-state index contributed by atoms with van der Waals surface area (Å²) in [6.07, 6.45) is 8.28. The summed E-state index contributed by atoms with van der Waals surface area (Å²) in [6.45, 7) is 3.65. The molecule has 0 spiro atoms. The zero-order valence-electron chi connectivity index (χ0n) is 13.6. The Morgan fingerprint density at radius 2 is 2.29 bits per heavy atom. The standard InChI is InChI=1S/C18H21FN2O3/c1-3-4-5-6-14(9-10-19)12-20-16-8-7-15(18(23)24-2)11-17(16)21-13-22/h3,7-14H,1,4-6H2,2H3,(H,21,22)/b10-9+,20-12+. The van der Waals surface area contributed by atoms with E-state index in [2.05, 4.69) is 21.6 Å². The molecule has 0 bridgehead atoms. The molecule has 1 aromatic rings. The molecule has 1 N–H and O–H groups in total. The van der Waals surface area contributed by atoms with Gasteiger partial charge in [0, 0.05) is 12.1 Å². The lowest BCUT2D eigenvalue weighted by Crippen LogP contribution is -2.03. The highest BCUT2D eigenvalue weighted by Gasteiger charge is 2.09. The summed E-state index contributed by atoms with van der Waals surface area (Å²) < 4.78 is 17.1. The molecule has 0 saturated carbocycles. The van der Waals surface area contributed by atoms with E-state index >= 15 is 0 Å². The van der Waals surface area contributed by atoms with Gasteiger partial charge in [-0.05, 0) is 43.5 Å². The number of allylic oxidation sites excluding steroid dienone is 2. The predicted molar refractivity (Wildman–Crippen MR) is 93.4 cm³/mol. The summed E-state index contributed by atoms with van der Waals surface area (Å²) in [4.78, 5) is 26.6. The van der Waals surface area contributed by atoms with Crippen LogP contribution in [0.1, 0.15) is 29.6 Å². The molecule has 0 fully saturated rings. The molecular weight excluding hydrogens is 311 g/mol. The summed E-state index contributed by atoms with van der Waals surface area (Å²) in [5, 5.41) is 2.50. The van der Waals surface area contributed by atoms with Crippen molar-refractivity contribution in [3.63, 3.8) is 0 Å². The third-order valence-corrected chi connectivity index (χ3v) is 3.30. The van der Waals surface area contributed by atoms with Gasteiger partial charge in [0.1, 0.15) is 0 Å². The van der Waals surface area contributed by atoms with Crippen molar-refractivity contribution in [2.24, 2.45) is 10.9 Å². The van der Waals surface area contributed by atoms with Crippen LogP contribution in [0.4, 0.5) is 15.8 Å². The van der Waals surface area contributed by atoms with Crippen LogP contribution >= 0.6 is 0 Å². The van der Waals surface area contributed by atoms with Crippen molar-refractivity contribution in [3.8, 4) is 0 Å². The summed E-state index contributed by atoms with van der Waals surface area (Å²) in [6, 6.07) is 4.62. The largest absolute Gasteiger partial charge is 0.465 e. The van der Waals surface area contributed by atoms with Crippen molar-refractivity contribution >= 4 is 30.0 Å². The SMILES string of the molecule is C=CCCCC(/C=C/F)/C=N/c1ccc(C(=O)OC)cc1NC=O. The molecule has 128 valence electrons. The Labute approximate surface area is 140 Å². The summed E-state index contributed by atoms with van der Waals surface area (Å²) in [5.74, 6) is -0.679. The molecule has 1 rings (SSSR count). The third-order valence-electron chi connectivity index (χ3n) is 3.30. The fraction of sp³-hybridized carbons (Fsp3) is 0.278. The van der Waals surface area contributed by atoms with E-state index < -0.39 is 5.97 Å². The first-order valence-electron chi connectivity index (χ1n) is 7.50. The minimum atomic E-state index is -0.512. The number of nitrogens with zero attached hydrogens (tertiary/aromatic N) is 1. The first-order valence-corrected chi connectivity index (χ1v) is 7.50. The Balaban J connectivity index is 2.98. The second kappa shape index (κ2) is 10.9. The Morgan fingerprint density at radius 1 is 1.50 bits per heavy atom. The Bertz CT molecular complexity index is 627. The van der Waals surface area contributed by atoms with Crippen LogP contribution in [-0.2, 0) is 9.53 Å². The van der Waals surface area contributed by atoms with Crippen molar-refractivity contribution in [2.45, 2.75) is 19.3 Å². The highest BCUT2D eigenvalue weighted by atomic mass is 19.1. The molecule has 1 amide bonds.